The second kappa shape index (κ2) is 19.4. The van der Waals surface area contributed by atoms with Crippen LogP contribution in [0.3, 0.4) is 0 Å². The number of carboxylic acids is 1. The minimum atomic E-state index is -4.62. The van der Waals surface area contributed by atoms with Crippen LogP contribution in [0.5, 0.6) is 5.75 Å². The first-order valence-electron chi connectivity index (χ1n) is 19.4. The molecule has 0 saturated heterocycles. The van der Waals surface area contributed by atoms with Crippen LogP contribution in [0.4, 0.5) is 13.2 Å². The highest BCUT2D eigenvalue weighted by Crippen LogP contribution is 2.30. The minimum Gasteiger partial charge on any atom is -0.494 e. The number of alkyl halides is 3. The summed E-state index contributed by atoms with van der Waals surface area (Å²) in [5, 5.41) is 15.1. The van der Waals surface area contributed by atoms with Crippen molar-refractivity contribution in [2.24, 2.45) is 0 Å². The molecule has 0 radical (unpaired) electrons. The number of halogens is 3. The molecular weight excluding hydrogens is 746 g/mol. The maximum atomic E-state index is 13.8. The van der Waals surface area contributed by atoms with E-state index in [-0.39, 0.29) is 23.0 Å². The Hall–Kier alpha value is -6.04. The Balaban J connectivity index is 1.29. The van der Waals surface area contributed by atoms with E-state index in [0.29, 0.717) is 23.6 Å². The number of rotatable bonds is 17. The first kappa shape index (κ1) is 43.1. The fourth-order valence-corrected chi connectivity index (χ4v) is 6.26. The minimum absolute atomic E-state index is 0.0321. The first-order chi connectivity index (χ1) is 27.6. The Labute approximate surface area is 337 Å². The average Bonchev–Trinajstić information content (AvgIpc) is 3.21. The van der Waals surface area contributed by atoms with Crippen LogP contribution in [0.25, 0.3) is 22.5 Å². The molecule has 1 aromatic heterocycles. The monoisotopic (exact) mass is 794 g/mol. The summed E-state index contributed by atoms with van der Waals surface area (Å²) in [6.45, 7) is 9.00. The van der Waals surface area contributed by atoms with E-state index in [4.69, 9.17) is 4.74 Å². The number of hydrogen-bond donors (Lipinski definition) is 3. The fourth-order valence-electron chi connectivity index (χ4n) is 6.26. The van der Waals surface area contributed by atoms with Crippen LogP contribution in [0.1, 0.15) is 98.5 Å². The molecule has 0 aliphatic carbocycles. The van der Waals surface area contributed by atoms with E-state index in [1.807, 2.05) is 57.2 Å². The van der Waals surface area contributed by atoms with Crippen LogP contribution >= 0.6 is 0 Å². The molecule has 0 aliphatic heterocycles. The molecule has 2 unspecified atom stereocenters. The van der Waals surface area contributed by atoms with Crippen LogP contribution < -0.4 is 15.4 Å². The number of carbonyl (C=O) groups excluding carboxylic acids is 2. The second-order valence-electron chi connectivity index (χ2n) is 15.2. The van der Waals surface area contributed by atoms with Gasteiger partial charge in [-0.25, -0.2) is 14.8 Å². The average molecular weight is 795 g/mol. The molecule has 0 aliphatic rings. The second-order valence-corrected chi connectivity index (χ2v) is 15.2. The highest BCUT2D eigenvalue weighted by Gasteiger charge is 2.32. The third-order valence-electron chi connectivity index (χ3n) is 9.75. The van der Waals surface area contributed by atoms with Crippen molar-refractivity contribution >= 4 is 17.8 Å². The number of amides is 2. The van der Waals surface area contributed by atoms with Gasteiger partial charge in [-0.2, -0.15) is 13.2 Å². The topological polar surface area (TPSA) is 131 Å². The summed E-state index contributed by atoms with van der Waals surface area (Å²) < 4.78 is 45.4. The van der Waals surface area contributed by atoms with E-state index in [1.54, 1.807) is 48.8 Å². The summed E-state index contributed by atoms with van der Waals surface area (Å²) in [6.07, 6.45) is 4.68. The predicted octanol–water partition coefficient (Wildman–Crippen LogP) is 9.76. The van der Waals surface area contributed by atoms with Gasteiger partial charge in [-0.05, 0) is 70.5 Å². The number of carbonyl (C=O) groups is 3. The SMILES string of the molecule is CCCCCCCOc1ccc(-c2cnc(-c3ccc(CC(NC(=O)c4ccc(C(C)(C)C)cc4)C(=O)NC(C(=O)O)c4ccc(C(F)(F)F)cc4)cc3)nc2)cc1. The molecule has 3 N–H and O–H groups in total. The van der Waals surface area contributed by atoms with E-state index >= 15 is 0 Å². The van der Waals surface area contributed by atoms with E-state index in [2.05, 4.69) is 27.5 Å². The molecule has 12 heteroatoms. The molecule has 0 fully saturated rings. The van der Waals surface area contributed by atoms with E-state index in [9.17, 15) is 32.7 Å². The zero-order valence-electron chi connectivity index (χ0n) is 33.1. The standard InChI is InChI=1S/C46H49F3N4O5/c1-5-6-7-8-9-26-58-38-24-18-31(19-25-38)35-28-50-41(51-29-35)33-12-10-30(11-13-33)27-39(52-42(54)34-16-20-36(21-17-34)45(2,3)4)43(55)53-40(44(56)57)32-14-22-37(23-15-32)46(47,48)49/h10-25,28-29,39-40H,5-9,26-27H2,1-4H3,(H,52,54)(H,53,55)(H,56,57). The van der Waals surface area contributed by atoms with Gasteiger partial charge >= 0.3 is 12.1 Å². The number of benzene rings is 4. The van der Waals surface area contributed by atoms with Crippen LogP contribution in [0.15, 0.2) is 109 Å². The third kappa shape index (κ3) is 12.0. The van der Waals surface area contributed by atoms with Crippen molar-refractivity contribution in [3.8, 4) is 28.3 Å². The van der Waals surface area contributed by atoms with Gasteiger partial charge in [0.1, 0.15) is 11.8 Å². The lowest BCUT2D eigenvalue weighted by molar-refractivity contribution is -0.142. The highest BCUT2D eigenvalue weighted by atomic mass is 19.4. The number of unbranched alkanes of at least 4 members (excludes halogenated alkanes) is 4. The predicted molar refractivity (Wildman–Crippen MR) is 217 cm³/mol. The Morgan fingerprint density at radius 2 is 1.29 bits per heavy atom. The number of carboxylic acid groups (broad SMARTS) is 1. The number of hydrogen-bond acceptors (Lipinski definition) is 6. The lowest BCUT2D eigenvalue weighted by Gasteiger charge is -2.23. The van der Waals surface area contributed by atoms with Crippen molar-refractivity contribution in [1.82, 2.24) is 20.6 Å². The van der Waals surface area contributed by atoms with Gasteiger partial charge in [0.2, 0.25) is 5.91 Å². The van der Waals surface area contributed by atoms with Crippen molar-refractivity contribution in [3.63, 3.8) is 0 Å². The van der Waals surface area contributed by atoms with Crippen LogP contribution in [0, 0.1) is 0 Å². The Bertz CT molecular complexity index is 2110. The lowest BCUT2D eigenvalue weighted by Crippen LogP contribution is -2.50. The van der Waals surface area contributed by atoms with Crippen molar-refractivity contribution < 1.29 is 37.4 Å². The van der Waals surface area contributed by atoms with Crippen molar-refractivity contribution in [2.75, 3.05) is 6.61 Å². The van der Waals surface area contributed by atoms with Gasteiger partial charge in [-0.15, -0.1) is 0 Å². The fraction of sp³-hybridized carbons (Fsp3) is 0.326. The molecule has 4 aromatic carbocycles. The lowest BCUT2D eigenvalue weighted by atomic mass is 9.86. The molecule has 2 atom stereocenters. The Kier molecular flexibility index (Phi) is 14.4. The number of aromatic nitrogens is 2. The molecule has 58 heavy (non-hydrogen) atoms. The molecule has 1 heterocycles. The van der Waals surface area contributed by atoms with Gasteiger partial charge in [0.15, 0.2) is 11.9 Å². The number of aliphatic carboxylic acids is 1. The van der Waals surface area contributed by atoms with E-state index in [1.165, 1.54) is 19.3 Å². The third-order valence-corrected chi connectivity index (χ3v) is 9.75. The highest BCUT2D eigenvalue weighted by molar-refractivity contribution is 5.98. The molecular formula is C46H49F3N4O5. The van der Waals surface area contributed by atoms with Crippen molar-refractivity contribution in [3.05, 3.63) is 137 Å². The van der Waals surface area contributed by atoms with Gasteiger partial charge in [0, 0.05) is 35.5 Å². The molecule has 304 valence electrons. The molecule has 9 nitrogen and oxygen atoms in total. The van der Waals surface area contributed by atoms with Crippen LogP contribution in [-0.2, 0) is 27.6 Å². The maximum Gasteiger partial charge on any atom is 0.416 e. The maximum absolute atomic E-state index is 13.8. The molecule has 0 bridgehead atoms. The quantitative estimate of drug-likeness (QED) is 0.0800. The van der Waals surface area contributed by atoms with Crippen LogP contribution in [-0.4, -0.2) is 45.5 Å². The zero-order valence-corrected chi connectivity index (χ0v) is 33.1. The molecule has 0 spiro atoms. The molecule has 0 saturated carbocycles. The normalized spacial score (nSPS) is 12.7. The number of nitrogens with zero attached hydrogens (tertiary/aromatic N) is 2. The van der Waals surface area contributed by atoms with E-state index < -0.39 is 41.6 Å². The number of ether oxygens (including phenoxy) is 1. The zero-order chi connectivity index (χ0) is 41.9. The Morgan fingerprint density at radius 3 is 1.86 bits per heavy atom. The number of nitrogens with one attached hydrogen (secondary N) is 2. The summed E-state index contributed by atoms with van der Waals surface area (Å²) in [7, 11) is 0. The van der Waals surface area contributed by atoms with Crippen LogP contribution in [0.2, 0.25) is 0 Å². The Morgan fingerprint density at radius 1 is 0.707 bits per heavy atom. The molecule has 2 amide bonds. The van der Waals surface area contributed by atoms with Crippen molar-refractivity contribution in [2.45, 2.75) is 89.9 Å². The van der Waals surface area contributed by atoms with Gasteiger partial charge in [0.25, 0.3) is 5.91 Å². The van der Waals surface area contributed by atoms with Gasteiger partial charge in [-0.3, -0.25) is 9.59 Å². The summed E-state index contributed by atoms with van der Waals surface area (Å²) in [5.41, 5.74) is 3.22. The molecule has 5 aromatic rings. The van der Waals surface area contributed by atoms with Gasteiger partial charge < -0.3 is 20.5 Å². The largest absolute Gasteiger partial charge is 0.494 e. The summed E-state index contributed by atoms with van der Waals surface area (Å²) in [5.74, 6) is -1.60. The summed E-state index contributed by atoms with van der Waals surface area (Å²) in [6, 6.07) is 22.4. The van der Waals surface area contributed by atoms with Gasteiger partial charge in [0.05, 0.1) is 12.2 Å². The summed E-state index contributed by atoms with van der Waals surface area (Å²) in [4.78, 5) is 48.6. The summed E-state index contributed by atoms with van der Waals surface area (Å²) >= 11 is 0. The van der Waals surface area contributed by atoms with Crippen molar-refractivity contribution in [1.29, 1.82) is 0 Å². The van der Waals surface area contributed by atoms with Gasteiger partial charge in [-0.1, -0.05) is 114 Å². The van der Waals surface area contributed by atoms with E-state index in [0.717, 1.165) is 59.5 Å². The smallest absolute Gasteiger partial charge is 0.416 e. The first-order valence-corrected chi connectivity index (χ1v) is 19.4. The molecule has 5 rings (SSSR count).